The Kier molecular flexibility index (Phi) is 53.3. The van der Waals surface area contributed by atoms with Crippen LogP contribution in [0.4, 0.5) is 0 Å². The Labute approximate surface area is 415 Å². The highest BCUT2D eigenvalue weighted by molar-refractivity contribution is 5.71. The molecule has 1 unspecified atom stereocenters. The average Bonchev–Trinajstić information content (AvgIpc) is 3.33. The predicted octanol–water partition coefficient (Wildman–Crippen LogP) is 19.2. The topological polar surface area (TPSA) is 78.9 Å². The molecule has 0 aromatic rings. The first-order valence-electron chi connectivity index (χ1n) is 28.8. The van der Waals surface area contributed by atoms with Gasteiger partial charge in [0, 0.05) is 19.3 Å². The Balaban J connectivity index is 4.41. The molecule has 0 bridgehead atoms. The highest BCUT2D eigenvalue weighted by Gasteiger charge is 2.19. The molecular weight excluding hydrogens is 829 g/mol. The van der Waals surface area contributed by atoms with E-state index in [2.05, 4.69) is 75.5 Å². The van der Waals surface area contributed by atoms with Crippen LogP contribution in [-0.2, 0) is 28.6 Å². The van der Waals surface area contributed by atoms with E-state index >= 15 is 0 Å². The molecule has 0 saturated carbocycles. The molecule has 0 aromatic carbocycles. The number of hydrogen-bond donors (Lipinski definition) is 0. The molecule has 0 amide bonds. The van der Waals surface area contributed by atoms with E-state index in [9.17, 15) is 14.4 Å². The molecule has 0 heterocycles. The summed E-state index contributed by atoms with van der Waals surface area (Å²) < 4.78 is 16.8. The maximum atomic E-state index is 12.8. The van der Waals surface area contributed by atoms with Gasteiger partial charge in [0.15, 0.2) is 6.10 Å². The Morgan fingerprint density at radius 3 is 0.955 bits per heavy atom. The largest absolute Gasteiger partial charge is 0.462 e. The van der Waals surface area contributed by atoms with Crippen LogP contribution in [0.5, 0.6) is 0 Å². The lowest BCUT2D eigenvalue weighted by molar-refractivity contribution is -0.166. The van der Waals surface area contributed by atoms with Gasteiger partial charge in [-0.3, -0.25) is 14.4 Å². The number of allylic oxidation sites excluding steroid dienone is 10. The van der Waals surface area contributed by atoms with Crippen molar-refractivity contribution in [1.29, 1.82) is 0 Å². The van der Waals surface area contributed by atoms with Gasteiger partial charge in [0.2, 0.25) is 0 Å². The van der Waals surface area contributed by atoms with E-state index in [1.807, 2.05) is 6.08 Å². The SMILES string of the molecule is CCCCC/C=C\C/C=C\CCCCCCCCCC(=O)OC(COC(=O)CC/C=C\C/C=C\CCCCCCCC)COC(=O)CCCCCCCCC/C=C\CCCCCCCCCC. The van der Waals surface area contributed by atoms with Crippen LogP contribution in [0.1, 0.15) is 290 Å². The minimum absolute atomic E-state index is 0.0959. The van der Waals surface area contributed by atoms with Crippen LogP contribution in [0, 0.1) is 0 Å². The maximum Gasteiger partial charge on any atom is 0.306 e. The third-order valence-corrected chi connectivity index (χ3v) is 12.5. The van der Waals surface area contributed by atoms with E-state index < -0.39 is 6.10 Å². The third kappa shape index (κ3) is 53.9. The van der Waals surface area contributed by atoms with Crippen LogP contribution in [-0.4, -0.2) is 37.2 Å². The van der Waals surface area contributed by atoms with Crippen molar-refractivity contribution in [3.63, 3.8) is 0 Å². The van der Waals surface area contributed by atoms with Gasteiger partial charge in [-0.15, -0.1) is 0 Å². The van der Waals surface area contributed by atoms with E-state index in [0.29, 0.717) is 19.3 Å². The molecule has 0 aliphatic carbocycles. The molecule has 0 aromatic heterocycles. The zero-order valence-electron chi connectivity index (χ0n) is 44.4. The van der Waals surface area contributed by atoms with Gasteiger partial charge in [-0.25, -0.2) is 0 Å². The number of esters is 3. The highest BCUT2D eigenvalue weighted by Crippen LogP contribution is 2.15. The van der Waals surface area contributed by atoms with Crippen molar-refractivity contribution in [3.05, 3.63) is 60.8 Å². The number of rotatable bonds is 52. The first-order valence-corrected chi connectivity index (χ1v) is 28.8. The van der Waals surface area contributed by atoms with Crippen LogP contribution >= 0.6 is 0 Å². The summed E-state index contributed by atoms with van der Waals surface area (Å²) in [7, 11) is 0. The summed E-state index contributed by atoms with van der Waals surface area (Å²) in [6, 6.07) is 0. The zero-order valence-corrected chi connectivity index (χ0v) is 44.4. The first kappa shape index (κ1) is 64.1. The number of carbonyl (C=O) groups excluding carboxylic acids is 3. The summed E-state index contributed by atoms with van der Waals surface area (Å²) in [5, 5.41) is 0. The molecule has 67 heavy (non-hydrogen) atoms. The van der Waals surface area contributed by atoms with Gasteiger partial charge >= 0.3 is 17.9 Å². The van der Waals surface area contributed by atoms with Crippen molar-refractivity contribution in [1.82, 2.24) is 0 Å². The Bertz CT molecular complexity index is 1210. The van der Waals surface area contributed by atoms with Crippen molar-refractivity contribution >= 4 is 17.9 Å². The van der Waals surface area contributed by atoms with E-state index in [1.54, 1.807) is 0 Å². The quantitative estimate of drug-likeness (QED) is 0.0262. The molecule has 1 atom stereocenters. The summed E-state index contributed by atoms with van der Waals surface area (Å²) in [6.45, 7) is 6.57. The van der Waals surface area contributed by atoms with Crippen LogP contribution < -0.4 is 0 Å². The Morgan fingerprint density at radius 1 is 0.299 bits per heavy atom. The molecule has 0 N–H and O–H groups in total. The van der Waals surface area contributed by atoms with Crippen molar-refractivity contribution in [2.75, 3.05) is 13.2 Å². The van der Waals surface area contributed by atoms with Gasteiger partial charge < -0.3 is 14.2 Å². The van der Waals surface area contributed by atoms with Gasteiger partial charge in [0.05, 0.1) is 0 Å². The van der Waals surface area contributed by atoms with Crippen LogP contribution in [0.15, 0.2) is 60.8 Å². The number of unbranched alkanes of at least 4 members (excludes halogenated alkanes) is 31. The fourth-order valence-electron chi connectivity index (χ4n) is 8.11. The van der Waals surface area contributed by atoms with Gasteiger partial charge in [-0.05, 0) is 96.3 Å². The van der Waals surface area contributed by atoms with E-state index in [1.165, 1.54) is 180 Å². The van der Waals surface area contributed by atoms with Crippen molar-refractivity contribution in [2.45, 2.75) is 297 Å². The fraction of sp³-hybridized carbons (Fsp3) is 0.787. The molecule has 6 nitrogen and oxygen atoms in total. The van der Waals surface area contributed by atoms with E-state index in [4.69, 9.17) is 14.2 Å². The summed E-state index contributed by atoms with van der Waals surface area (Å²) >= 11 is 0. The van der Waals surface area contributed by atoms with Gasteiger partial charge in [0.1, 0.15) is 13.2 Å². The molecular formula is C61H108O6. The lowest BCUT2D eigenvalue weighted by Crippen LogP contribution is -2.30. The lowest BCUT2D eigenvalue weighted by Gasteiger charge is -2.18. The summed E-state index contributed by atoms with van der Waals surface area (Å²) in [5.41, 5.74) is 0. The van der Waals surface area contributed by atoms with E-state index in [0.717, 1.165) is 64.2 Å². The van der Waals surface area contributed by atoms with Crippen molar-refractivity contribution < 1.29 is 28.6 Å². The number of ether oxygens (including phenoxy) is 3. The second kappa shape index (κ2) is 55.7. The molecule has 0 fully saturated rings. The number of hydrogen-bond acceptors (Lipinski definition) is 6. The van der Waals surface area contributed by atoms with E-state index in [-0.39, 0.29) is 37.5 Å². The minimum atomic E-state index is -0.802. The Hall–Kier alpha value is -2.89. The Morgan fingerprint density at radius 2 is 0.567 bits per heavy atom. The smallest absolute Gasteiger partial charge is 0.306 e. The van der Waals surface area contributed by atoms with Gasteiger partial charge in [0.25, 0.3) is 0 Å². The van der Waals surface area contributed by atoms with Crippen molar-refractivity contribution in [3.8, 4) is 0 Å². The third-order valence-electron chi connectivity index (χ3n) is 12.5. The maximum absolute atomic E-state index is 12.8. The zero-order chi connectivity index (χ0) is 48.6. The number of carbonyl (C=O) groups is 3. The molecule has 6 heteroatoms. The molecule has 0 aliphatic heterocycles. The summed E-state index contributed by atoms with van der Waals surface area (Å²) in [6.07, 6.45) is 69.4. The van der Waals surface area contributed by atoms with Crippen LogP contribution in [0.3, 0.4) is 0 Å². The molecule has 0 spiro atoms. The standard InChI is InChI=1S/C61H108O6/c1-4-7-10-13-16-19-22-25-27-29-30-32-33-36-39-42-45-48-51-54-60(63)66-57-58(56-65-59(62)53-50-47-44-41-38-35-24-21-18-15-12-9-6-3)67-61(64)55-52-49-46-43-40-37-34-31-28-26-23-20-17-14-11-8-5-2/h17,20,26,28-30,35,38,44,47,58H,4-16,18-19,21-25,27,31-34,36-37,39-43,45-46,48-57H2,1-3H3/b20-17-,28-26-,30-29-,38-35-,47-44-. The molecule has 388 valence electrons. The summed E-state index contributed by atoms with van der Waals surface area (Å²) in [5.74, 6) is -0.969. The molecule has 0 rings (SSSR count). The second-order valence-electron chi connectivity index (χ2n) is 19.2. The van der Waals surface area contributed by atoms with Crippen LogP contribution in [0.25, 0.3) is 0 Å². The predicted molar refractivity (Wildman–Crippen MR) is 288 cm³/mol. The van der Waals surface area contributed by atoms with Crippen LogP contribution in [0.2, 0.25) is 0 Å². The molecule has 0 aliphatic rings. The summed E-state index contributed by atoms with van der Waals surface area (Å²) in [4.78, 5) is 38.1. The second-order valence-corrected chi connectivity index (χ2v) is 19.2. The monoisotopic (exact) mass is 937 g/mol. The van der Waals surface area contributed by atoms with Gasteiger partial charge in [-0.2, -0.15) is 0 Å². The molecule has 0 radical (unpaired) electrons. The lowest BCUT2D eigenvalue weighted by atomic mass is 10.1. The van der Waals surface area contributed by atoms with Crippen molar-refractivity contribution in [2.24, 2.45) is 0 Å². The highest BCUT2D eigenvalue weighted by atomic mass is 16.6. The van der Waals surface area contributed by atoms with Gasteiger partial charge in [-0.1, -0.05) is 236 Å². The molecule has 0 saturated heterocycles. The first-order chi connectivity index (χ1) is 33.0. The minimum Gasteiger partial charge on any atom is -0.462 e. The fourth-order valence-corrected chi connectivity index (χ4v) is 8.11. The average molecular weight is 938 g/mol. The normalized spacial score (nSPS) is 12.5.